The number of benzene rings is 1. The predicted molar refractivity (Wildman–Crippen MR) is 102 cm³/mol. The average molecular weight is 348 g/mol. The Kier molecular flexibility index (Phi) is 7.03. The lowest BCUT2D eigenvalue weighted by molar-refractivity contribution is -0.856. The Labute approximate surface area is 152 Å². The minimum absolute atomic E-state index is 0.101. The van der Waals surface area contributed by atoms with E-state index in [1.54, 1.807) is 0 Å². The van der Waals surface area contributed by atoms with Crippen LogP contribution in [-0.4, -0.2) is 45.3 Å². The van der Waals surface area contributed by atoms with Gasteiger partial charge in [-0.2, -0.15) is 0 Å². The number of hydrogen-bond acceptors (Lipinski definition) is 2. The van der Waals surface area contributed by atoms with E-state index < -0.39 is 0 Å². The van der Waals surface area contributed by atoms with E-state index in [9.17, 15) is 4.79 Å². The Balaban J connectivity index is 2.09. The molecule has 2 rings (SSSR count). The molecule has 1 fully saturated rings. The molecular formula is C21H35N2O2+. The average Bonchev–Trinajstić information content (AvgIpc) is 2.52. The third-order valence-corrected chi connectivity index (χ3v) is 5.16. The molecule has 1 aromatic carbocycles. The Morgan fingerprint density at radius 1 is 1.32 bits per heavy atom. The summed E-state index contributed by atoms with van der Waals surface area (Å²) in [5.74, 6) is 0.906. The number of carbonyl (C=O) groups is 1. The number of amides is 1. The van der Waals surface area contributed by atoms with Gasteiger partial charge in [-0.05, 0) is 51.0 Å². The molecule has 0 aliphatic carbocycles. The smallest absolute Gasteiger partial charge is 0.220 e. The SMILES string of the molecule is Cc1ccc([C@@H](CC(=O)NCC[NH+](C)C)[C@@H]2CCOC(C)(C)C2)cc1. The number of hydrogen-bond donors (Lipinski definition) is 2. The molecule has 1 aromatic rings. The van der Waals surface area contributed by atoms with Gasteiger partial charge in [-0.3, -0.25) is 4.79 Å². The number of carbonyl (C=O) groups excluding carboxylic acids is 1. The normalized spacial score (nSPS) is 21.1. The van der Waals surface area contributed by atoms with Crippen LogP contribution >= 0.6 is 0 Å². The van der Waals surface area contributed by atoms with Crippen molar-refractivity contribution in [3.05, 3.63) is 35.4 Å². The molecule has 1 heterocycles. The summed E-state index contributed by atoms with van der Waals surface area (Å²) in [6, 6.07) is 8.69. The summed E-state index contributed by atoms with van der Waals surface area (Å²) < 4.78 is 5.89. The van der Waals surface area contributed by atoms with E-state index in [1.165, 1.54) is 16.0 Å². The van der Waals surface area contributed by atoms with Gasteiger partial charge >= 0.3 is 0 Å². The van der Waals surface area contributed by atoms with Crippen LogP contribution in [0.2, 0.25) is 0 Å². The molecule has 0 saturated carbocycles. The molecule has 4 nitrogen and oxygen atoms in total. The topological polar surface area (TPSA) is 42.8 Å². The van der Waals surface area contributed by atoms with Gasteiger partial charge < -0.3 is 15.0 Å². The van der Waals surface area contributed by atoms with Crippen LogP contribution in [0.25, 0.3) is 0 Å². The molecule has 140 valence electrons. The quantitative estimate of drug-likeness (QED) is 0.792. The molecule has 2 atom stereocenters. The molecule has 2 N–H and O–H groups in total. The second-order valence-electron chi connectivity index (χ2n) is 8.39. The van der Waals surface area contributed by atoms with Crippen molar-refractivity contribution in [2.24, 2.45) is 5.92 Å². The maximum absolute atomic E-state index is 12.5. The van der Waals surface area contributed by atoms with Crippen LogP contribution in [-0.2, 0) is 9.53 Å². The van der Waals surface area contributed by atoms with Crippen molar-refractivity contribution in [2.75, 3.05) is 33.8 Å². The number of ether oxygens (including phenoxy) is 1. The molecule has 1 aliphatic heterocycles. The minimum Gasteiger partial charge on any atom is -0.376 e. The lowest BCUT2D eigenvalue weighted by atomic mass is 9.75. The van der Waals surface area contributed by atoms with Crippen molar-refractivity contribution >= 4 is 5.91 Å². The second kappa shape index (κ2) is 8.81. The van der Waals surface area contributed by atoms with Gasteiger partial charge in [0.1, 0.15) is 0 Å². The highest BCUT2D eigenvalue weighted by Gasteiger charge is 2.35. The highest BCUT2D eigenvalue weighted by molar-refractivity contribution is 5.76. The molecule has 0 radical (unpaired) electrons. The molecule has 0 spiro atoms. The largest absolute Gasteiger partial charge is 0.376 e. The molecule has 1 amide bonds. The van der Waals surface area contributed by atoms with Gasteiger partial charge in [0.05, 0.1) is 32.8 Å². The summed E-state index contributed by atoms with van der Waals surface area (Å²) in [5, 5.41) is 3.09. The molecule has 0 unspecified atom stereocenters. The predicted octanol–water partition coefficient (Wildman–Crippen LogP) is 1.93. The first kappa shape index (κ1) is 19.9. The van der Waals surface area contributed by atoms with Crippen LogP contribution in [0.3, 0.4) is 0 Å². The molecular weight excluding hydrogens is 312 g/mol. The van der Waals surface area contributed by atoms with E-state index >= 15 is 0 Å². The summed E-state index contributed by atoms with van der Waals surface area (Å²) in [5.41, 5.74) is 2.44. The zero-order chi connectivity index (χ0) is 18.4. The minimum atomic E-state index is -0.101. The third-order valence-electron chi connectivity index (χ3n) is 5.16. The van der Waals surface area contributed by atoms with Crippen LogP contribution in [0.1, 0.15) is 50.2 Å². The fourth-order valence-corrected chi connectivity index (χ4v) is 3.72. The van der Waals surface area contributed by atoms with Gasteiger partial charge in [0, 0.05) is 13.0 Å². The van der Waals surface area contributed by atoms with Gasteiger partial charge in [0.2, 0.25) is 5.91 Å². The molecule has 25 heavy (non-hydrogen) atoms. The number of aryl methyl sites for hydroxylation is 1. The summed E-state index contributed by atoms with van der Waals surface area (Å²) in [6.45, 7) is 8.89. The van der Waals surface area contributed by atoms with Crippen LogP contribution in [0.5, 0.6) is 0 Å². The monoisotopic (exact) mass is 347 g/mol. The zero-order valence-corrected chi connectivity index (χ0v) is 16.5. The van der Waals surface area contributed by atoms with Crippen molar-refractivity contribution < 1.29 is 14.4 Å². The standard InChI is InChI=1S/C21H34N2O2/c1-16-6-8-17(9-7-16)19(14-20(24)22-11-12-23(4)5)18-10-13-25-21(2,3)15-18/h6-9,18-19H,10-15H2,1-5H3,(H,22,24)/p+1/t18-,19-/m1/s1. The summed E-state index contributed by atoms with van der Waals surface area (Å²) in [7, 11) is 4.21. The fourth-order valence-electron chi connectivity index (χ4n) is 3.72. The maximum atomic E-state index is 12.5. The van der Waals surface area contributed by atoms with Crippen LogP contribution in [0.15, 0.2) is 24.3 Å². The van der Waals surface area contributed by atoms with E-state index in [-0.39, 0.29) is 17.4 Å². The first-order valence-corrected chi connectivity index (χ1v) is 9.53. The van der Waals surface area contributed by atoms with E-state index in [2.05, 4.69) is 64.4 Å². The Bertz CT molecular complexity index is 552. The Morgan fingerprint density at radius 3 is 2.60 bits per heavy atom. The number of likely N-dealkylation sites (N-methyl/N-ethyl adjacent to an activating group) is 1. The van der Waals surface area contributed by atoms with Gasteiger partial charge in [-0.1, -0.05) is 29.8 Å². The first-order chi connectivity index (χ1) is 11.8. The van der Waals surface area contributed by atoms with Gasteiger partial charge in [0.15, 0.2) is 0 Å². The van der Waals surface area contributed by atoms with Crippen LogP contribution in [0.4, 0.5) is 0 Å². The van der Waals surface area contributed by atoms with E-state index in [0.717, 1.165) is 32.5 Å². The van der Waals surface area contributed by atoms with Crippen molar-refractivity contribution in [3.8, 4) is 0 Å². The molecule has 1 saturated heterocycles. The van der Waals surface area contributed by atoms with Crippen molar-refractivity contribution in [1.82, 2.24) is 5.32 Å². The second-order valence-corrected chi connectivity index (χ2v) is 8.39. The van der Waals surface area contributed by atoms with Crippen LogP contribution in [0, 0.1) is 12.8 Å². The number of rotatable bonds is 7. The molecule has 4 heteroatoms. The number of nitrogens with one attached hydrogen (secondary N) is 2. The van der Waals surface area contributed by atoms with Crippen molar-refractivity contribution in [2.45, 2.75) is 51.6 Å². The Morgan fingerprint density at radius 2 is 2.00 bits per heavy atom. The zero-order valence-electron chi connectivity index (χ0n) is 16.5. The highest BCUT2D eigenvalue weighted by Crippen LogP contribution is 2.40. The number of quaternary nitrogens is 1. The summed E-state index contributed by atoms with van der Waals surface area (Å²) >= 11 is 0. The van der Waals surface area contributed by atoms with E-state index in [0.29, 0.717) is 12.3 Å². The van der Waals surface area contributed by atoms with Gasteiger partial charge in [-0.15, -0.1) is 0 Å². The van der Waals surface area contributed by atoms with Crippen molar-refractivity contribution in [3.63, 3.8) is 0 Å². The lowest BCUT2D eigenvalue weighted by Gasteiger charge is -2.39. The first-order valence-electron chi connectivity index (χ1n) is 9.53. The molecule has 0 aromatic heterocycles. The van der Waals surface area contributed by atoms with E-state index in [4.69, 9.17) is 4.74 Å². The summed E-state index contributed by atoms with van der Waals surface area (Å²) in [6.07, 6.45) is 2.59. The Hall–Kier alpha value is -1.39. The molecule has 0 bridgehead atoms. The van der Waals surface area contributed by atoms with Crippen molar-refractivity contribution in [1.29, 1.82) is 0 Å². The molecule has 1 aliphatic rings. The van der Waals surface area contributed by atoms with E-state index in [1.807, 2.05) is 0 Å². The maximum Gasteiger partial charge on any atom is 0.220 e. The third kappa shape index (κ3) is 6.44. The highest BCUT2D eigenvalue weighted by atomic mass is 16.5. The summed E-state index contributed by atoms with van der Waals surface area (Å²) in [4.78, 5) is 13.9. The van der Waals surface area contributed by atoms with Gasteiger partial charge in [0.25, 0.3) is 0 Å². The lowest BCUT2D eigenvalue weighted by Crippen LogP contribution is -3.06. The van der Waals surface area contributed by atoms with Crippen LogP contribution < -0.4 is 10.2 Å². The fraction of sp³-hybridized carbons (Fsp3) is 0.667. The van der Waals surface area contributed by atoms with Gasteiger partial charge in [-0.25, -0.2) is 0 Å².